The molecule has 15 nitrogen and oxygen atoms in total. The first-order chi connectivity index (χ1) is 20.0. The highest BCUT2D eigenvalue weighted by Crippen LogP contribution is 2.38. The summed E-state index contributed by atoms with van der Waals surface area (Å²) in [4.78, 5) is 25.0. The summed E-state index contributed by atoms with van der Waals surface area (Å²) < 4.78 is 27.6. The molecule has 0 radical (unpaired) electrons. The first-order valence-electron chi connectivity index (χ1n) is 13.2. The minimum Gasteiger partial charge on any atom is -0.477 e. The molecule has 3 aliphatic rings. The van der Waals surface area contributed by atoms with Crippen molar-refractivity contribution in [3.63, 3.8) is 0 Å². The SMILES string of the molecule is C=C[C@H]1[C@H](O[C@@H]2O[C@H](CO)[C@@H](O)C(O)(O)[C@H]2OCNC)OC=C(C(=O)OC)[C@H]1/C=C/C1=CC(C(=O)O)=C[NH+](CCO)C1. The van der Waals surface area contributed by atoms with Crippen molar-refractivity contribution < 1.29 is 68.8 Å². The molecule has 0 aromatic rings. The number of ether oxygens (including phenoxy) is 5. The third-order valence-corrected chi connectivity index (χ3v) is 7.06. The molecule has 15 heteroatoms. The normalized spacial score (nSPS) is 32.8. The molecule has 234 valence electrons. The summed E-state index contributed by atoms with van der Waals surface area (Å²) in [6, 6.07) is 0. The van der Waals surface area contributed by atoms with Gasteiger partial charge in [0.15, 0.2) is 12.4 Å². The lowest BCUT2D eigenvalue weighted by atomic mass is 9.83. The Morgan fingerprint density at radius 3 is 2.62 bits per heavy atom. The van der Waals surface area contributed by atoms with Crippen LogP contribution in [0.1, 0.15) is 0 Å². The Hall–Kier alpha value is -2.96. The van der Waals surface area contributed by atoms with Crippen molar-refractivity contribution in [3.8, 4) is 0 Å². The number of quaternary nitrogens is 1. The molecule has 8 N–H and O–H groups in total. The maximum Gasteiger partial charge on any atom is 0.341 e. The van der Waals surface area contributed by atoms with Gasteiger partial charge in [-0.3, -0.25) is 5.32 Å². The highest BCUT2D eigenvalue weighted by molar-refractivity contribution is 5.90. The fraction of sp³-hybridized carbons (Fsp3) is 0.556. The van der Waals surface area contributed by atoms with Crippen LogP contribution in [0.4, 0.5) is 0 Å². The summed E-state index contributed by atoms with van der Waals surface area (Å²) >= 11 is 0. The van der Waals surface area contributed by atoms with Crippen molar-refractivity contribution in [1.82, 2.24) is 5.32 Å². The van der Waals surface area contributed by atoms with E-state index in [0.717, 1.165) is 6.26 Å². The first kappa shape index (κ1) is 33.5. The summed E-state index contributed by atoms with van der Waals surface area (Å²) in [5.74, 6) is -6.30. The Kier molecular flexibility index (Phi) is 12.0. The molecule has 0 aromatic carbocycles. The van der Waals surface area contributed by atoms with Gasteiger partial charge in [-0.15, -0.1) is 6.58 Å². The third-order valence-electron chi connectivity index (χ3n) is 7.06. The Labute approximate surface area is 242 Å². The Morgan fingerprint density at radius 2 is 2.02 bits per heavy atom. The van der Waals surface area contributed by atoms with Gasteiger partial charge in [-0.1, -0.05) is 18.2 Å². The van der Waals surface area contributed by atoms with Gasteiger partial charge in [0.05, 0.1) is 44.8 Å². The number of hydrogen-bond donors (Lipinski definition) is 8. The highest BCUT2D eigenvalue weighted by atomic mass is 16.8. The molecule has 42 heavy (non-hydrogen) atoms. The van der Waals surface area contributed by atoms with Crippen LogP contribution in [0.5, 0.6) is 0 Å². The molecular formula is C27H39N2O13+. The van der Waals surface area contributed by atoms with Crippen molar-refractivity contribution in [3.05, 3.63) is 60.1 Å². The van der Waals surface area contributed by atoms with E-state index in [1.807, 2.05) is 0 Å². The van der Waals surface area contributed by atoms with Crippen molar-refractivity contribution in [2.75, 3.05) is 47.2 Å². The van der Waals surface area contributed by atoms with Crippen molar-refractivity contribution in [1.29, 1.82) is 0 Å². The van der Waals surface area contributed by atoms with E-state index in [2.05, 4.69) is 11.9 Å². The van der Waals surface area contributed by atoms with Crippen LogP contribution in [0.2, 0.25) is 0 Å². The van der Waals surface area contributed by atoms with Crippen LogP contribution in [0.3, 0.4) is 0 Å². The summed E-state index contributed by atoms with van der Waals surface area (Å²) in [6.07, 6.45) is 1.01. The Bertz CT molecular complexity index is 1100. The van der Waals surface area contributed by atoms with Crippen molar-refractivity contribution >= 4 is 11.9 Å². The number of carbonyl (C=O) groups is 2. The second-order valence-corrected chi connectivity index (χ2v) is 9.87. The molecule has 1 unspecified atom stereocenters. The van der Waals surface area contributed by atoms with Gasteiger partial charge in [0.1, 0.15) is 37.1 Å². The fourth-order valence-electron chi connectivity index (χ4n) is 4.90. The molecule has 0 bridgehead atoms. The largest absolute Gasteiger partial charge is 0.477 e. The minimum absolute atomic E-state index is 0.0423. The Balaban J connectivity index is 1.94. The summed E-state index contributed by atoms with van der Waals surface area (Å²) in [5, 5.41) is 62.9. The van der Waals surface area contributed by atoms with Gasteiger partial charge in [0.25, 0.3) is 0 Å². The van der Waals surface area contributed by atoms with E-state index in [9.17, 15) is 40.2 Å². The molecule has 0 amide bonds. The number of methoxy groups -OCH3 is 1. The molecule has 1 saturated heterocycles. The lowest BCUT2D eigenvalue weighted by Gasteiger charge is -2.47. The van der Waals surface area contributed by atoms with Gasteiger partial charge >= 0.3 is 11.9 Å². The molecule has 0 saturated carbocycles. The molecule has 3 aliphatic heterocycles. The zero-order valence-corrected chi connectivity index (χ0v) is 23.3. The molecule has 1 fully saturated rings. The number of carboxylic acid groups (broad SMARTS) is 1. The zero-order chi connectivity index (χ0) is 31.0. The van der Waals surface area contributed by atoms with E-state index in [1.54, 1.807) is 19.2 Å². The lowest BCUT2D eigenvalue weighted by molar-refractivity contribution is -0.842. The molecular weight excluding hydrogens is 560 g/mol. The maximum atomic E-state index is 12.7. The van der Waals surface area contributed by atoms with Crippen LogP contribution in [0.15, 0.2) is 60.1 Å². The predicted molar refractivity (Wildman–Crippen MR) is 142 cm³/mol. The number of aliphatic hydroxyl groups is 5. The van der Waals surface area contributed by atoms with E-state index in [-0.39, 0.29) is 31.0 Å². The fourth-order valence-corrected chi connectivity index (χ4v) is 4.90. The van der Waals surface area contributed by atoms with E-state index in [0.29, 0.717) is 17.0 Å². The van der Waals surface area contributed by atoms with Crippen LogP contribution in [-0.4, -0.2) is 126 Å². The first-order valence-corrected chi connectivity index (χ1v) is 13.2. The molecule has 0 aromatic heterocycles. The topological polar surface area (TPSA) is 218 Å². The summed E-state index contributed by atoms with van der Waals surface area (Å²) in [5.41, 5.74) is 0.745. The average Bonchev–Trinajstić information content (AvgIpc) is 2.97. The van der Waals surface area contributed by atoms with Crippen LogP contribution in [0, 0.1) is 11.8 Å². The summed E-state index contributed by atoms with van der Waals surface area (Å²) in [6.45, 7) is 3.39. The third kappa shape index (κ3) is 7.51. The van der Waals surface area contributed by atoms with E-state index in [4.69, 9.17) is 23.7 Å². The number of nitrogens with one attached hydrogen (secondary N) is 2. The maximum absolute atomic E-state index is 12.7. The minimum atomic E-state index is -2.89. The summed E-state index contributed by atoms with van der Waals surface area (Å²) in [7, 11) is 2.74. The smallest absolute Gasteiger partial charge is 0.341 e. The van der Waals surface area contributed by atoms with Crippen molar-refractivity contribution in [2.45, 2.75) is 36.7 Å². The van der Waals surface area contributed by atoms with Gasteiger partial charge in [-0.2, -0.15) is 0 Å². The average molecular weight is 600 g/mol. The van der Waals surface area contributed by atoms with Gasteiger partial charge in [-0.25, -0.2) is 9.59 Å². The second kappa shape index (κ2) is 15.0. The predicted octanol–water partition coefficient (Wildman–Crippen LogP) is -3.50. The number of aliphatic carboxylic acids is 1. The van der Waals surface area contributed by atoms with Gasteiger partial charge in [0.2, 0.25) is 12.1 Å². The van der Waals surface area contributed by atoms with Crippen LogP contribution in [-0.2, 0) is 33.3 Å². The number of carbonyl (C=O) groups excluding carboxylic acids is 1. The molecule has 8 atom stereocenters. The zero-order valence-electron chi connectivity index (χ0n) is 23.3. The number of allylic oxidation sites excluding steroid dienone is 1. The molecule has 3 rings (SSSR count). The monoisotopic (exact) mass is 599 g/mol. The standard InChI is InChI=1S/C27H38N2O13/c1-4-17-18(6-5-15-9-16(23(33)34)11-29(10-15)7-8-30)19(24(35)38-3)13-39-25(17)42-26-22(40-14-28-2)27(36,37)21(32)20(12-31)41-26/h4-6,9,11,13,17-18,20-22,25-26,28,30-32,36-37H,1,7-8,10,12,14H2,2-3H3,(H,33,34)/p+1/b6-5+/t17-,18+,20-,21-,22+,25+,26+/m1/s1. The highest BCUT2D eigenvalue weighted by Gasteiger charge is 2.57. The number of carboxylic acids is 1. The molecule has 0 aliphatic carbocycles. The second-order valence-electron chi connectivity index (χ2n) is 9.87. The van der Waals surface area contributed by atoms with Gasteiger partial charge in [0, 0.05) is 11.5 Å². The number of esters is 1. The van der Waals surface area contributed by atoms with Gasteiger partial charge < -0.3 is 59.2 Å². The van der Waals surface area contributed by atoms with Crippen molar-refractivity contribution in [2.24, 2.45) is 11.8 Å². The lowest BCUT2D eigenvalue weighted by Crippen LogP contribution is -3.08. The number of hydrogen-bond acceptors (Lipinski definition) is 13. The molecule has 3 heterocycles. The molecule has 0 spiro atoms. The van der Waals surface area contributed by atoms with Gasteiger partial charge in [-0.05, 0) is 13.1 Å². The van der Waals surface area contributed by atoms with Crippen LogP contribution in [0.25, 0.3) is 0 Å². The van der Waals surface area contributed by atoms with E-state index >= 15 is 0 Å². The number of rotatable bonds is 13. The quantitative estimate of drug-likeness (QED) is 0.0585. The van der Waals surface area contributed by atoms with Crippen LogP contribution < -0.4 is 10.2 Å². The van der Waals surface area contributed by atoms with E-state index < -0.39 is 67.1 Å². The number of aliphatic hydroxyl groups excluding tert-OH is 3. The van der Waals surface area contributed by atoms with E-state index in [1.165, 1.54) is 25.5 Å². The Morgan fingerprint density at radius 1 is 1.29 bits per heavy atom. The van der Waals surface area contributed by atoms with Crippen LogP contribution >= 0.6 is 0 Å².